The number of hydrogen-bond donors (Lipinski definition) is 0. The molecule has 0 aromatic heterocycles. The number of carbonyl (C=O) groups is 3. The lowest BCUT2D eigenvalue weighted by Gasteiger charge is -2.35. The molecule has 11 heteroatoms. The van der Waals surface area contributed by atoms with Gasteiger partial charge in [0.25, 0.3) is 5.91 Å². The summed E-state index contributed by atoms with van der Waals surface area (Å²) >= 11 is 0. The topological polar surface area (TPSA) is 102 Å². The first kappa shape index (κ1) is 24.6. The molecule has 0 saturated carbocycles. The van der Waals surface area contributed by atoms with Crippen LogP contribution in [0.25, 0.3) is 0 Å². The van der Waals surface area contributed by atoms with Gasteiger partial charge in [-0.2, -0.15) is 4.31 Å². The van der Waals surface area contributed by atoms with Crippen LogP contribution < -0.4 is 0 Å². The smallest absolute Gasteiger partial charge is 0.253 e. The molecular weight excluding hydrogens is 458 g/mol. The second-order valence-corrected chi connectivity index (χ2v) is 11.0. The van der Waals surface area contributed by atoms with Crippen LogP contribution in [-0.2, 0) is 19.6 Å². The molecule has 3 amide bonds. The van der Waals surface area contributed by atoms with Gasteiger partial charge in [-0.15, -0.1) is 0 Å². The van der Waals surface area contributed by atoms with Crippen LogP contribution in [0.3, 0.4) is 0 Å². The van der Waals surface area contributed by atoms with E-state index in [-0.39, 0.29) is 35.7 Å². The summed E-state index contributed by atoms with van der Waals surface area (Å²) in [6.45, 7) is 6.94. The minimum atomic E-state index is -3.75. The van der Waals surface area contributed by atoms with Crippen LogP contribution in [0, 0.1) is 0 Å². The van der Waals surface area contributed by atoms with E-state index in [4.69, 9.17) is 0 Å². The molecule has 0 aliphatic carbocycles. The lowest BCUT2D eigenvalue weighted by molar-refractivity contribution is -0.132. The number of amides is 3. The highest BCUT2D eigenvalue weighted by atomic mass is 32.2. The third-order valence-electron chi connectivity index (χ3n) is 6.88. The predicted octanol–water partition coefficient (Wildman–Crippen LogP) is -0.0804. The van der Waals surface area contributed by atoms with E-state index in [2.05, 4.69) is 4.90 Å². The minimum absolute atomic E-state index is 0.0647. The van der Waals surface area contributed by atoms with E-state index >= 15 is 0 Å². The fraction of sp³-hybridized carbons (Fsp3) is 0.609. The molecule has 1 aromatic rings. The number of likely N-dealkylation sites (tertiary alicyclic amines) is 1. The molecule has 10 nitrogen and oxygen atoms in total. The van der Waals surface area contributed by atoms with Crippen molar-refractivity contribution in [1.82, 2.24) is 23.9 Å². The Labute approximate surface area is 201 Å². The van der Waals surface area contributed by atoms with Crippen molar-refractivity contribution in [1.29, 1.82) is 0 Å². The van der Waals surface area contributed by atoms with E-state index in [0.29, 0.717) is 51.4 Å². The number of benzene rings is 1. The summed E-state index contributed by atoms with van der Waals surface area (Å²) in [6.07, 6.45) is 2.13. The van der Waals surface area contributed by atoms with Gasteiger partial charge in [0.15, 0.2) is 0 Å². The normalized spacial score (nSPS) is 20.6. The zero-order chi connectivity index (χ0) is 24.3. The highest BCUT2D eigenvalue weighted by Crippen LogP contribution is 2.20. The molecule has 0 spiro atoms. The molecule has 1 aromatic carbocycles. The summed E-state index contributed by atoms with van der Waals surface area (Å²) in [7, 11) is -3.75. The van der Waals surface area contributed by atoms with Crippen molar-refractivity contribution in [2.45, 2.75) is 24.7 Å². The van der Waals surface area contributed by atoms with E-state index in [1.165, 1.54) is 23.4 Å². The van der Waals surface area contributed by atoms with Gasteiger partial charge in [0.1, 0.15) is 0 Å². The second-order valence-electron chi connectivity index (χ2n) is 9.09. The van der Waals surface area contributed by atoms with Gasteiger partial charge >= 0.3 is 0 Å². The summed E-state index contributed by atoms with van der Waals surface area (Å²) in [5.41, 5.74) is 0.338. The first-order valence-corrected chi connectivity index (χ1v) is 13.3. The molecule has 34 heavy (non-hydrogen) atoms. The van der Waals surface area contributed by atoms with Crippen LogP contribution in [0.15, 0.2) is 29.2 Å². The molecular formula is C23H33N5O5S. The average Bonchev–Trinajstić information content (AvgIpc) is 3.39. The van der Waals surface area contributed by atoms with Crippen molar-refractivity contribution >= 4 is 27.7 Å². The minimum Gasteiger partial charge on any atom is -0.342 e. The molecule has 0 radical (unpaired) electrons. The Morgan fingerprint density at radius 1 is 0.794 bits per heavy atom. The number of carbonyl (C=O) groups excluding carboxylic acids is 3. The van der Waals surface area contributed by atoms with Gasteiger partial charge in [0.05, 0.1) is 11.4 Å². The van der Waals surface area contributed by atoms with Crippen LogP contribution >= 0.6 is 0 Å². The molecule has 3 saturated heterocycles. The number of rotatable bonds is 5. The van der Waals surface area contributed by atoms with E-state index in [9.17, 15) is 22.8 Å². The van der Waals surface area contributed by atoms with E-state index in [1.807, 2.05) is 4.90 Å². The number of piperazine rings is 2. The molecule has 3 aliphatic heterocycles. The van der Waals surface area contributed by atoms with Gasteiger partial charge in [0, 0.05) is 77.9 Å². The summed E-state index contributed by atoms with van der Waals surface area (Å²) in [5.74, 6) is -0.117. The zero-order valence-electron chi connectivity index (χ0n) is 19.7. The Balaban J connectivity index is 1.35. The molecule has 4 rings (SSSR count). The van der Waals surface area contributed by atoms with Crippen LogP contribution in [-0.4, -0.2) is 122 Å². The van der Waals surface area contributed by atoms with Gasteiger partial charge in [-0.25, -0.2) is 8.42 Å². The first-order chi connectivity index (χ1) is 16.3. The Hall–Kier alpha value is -2.50. The van der Waals surface area contributed by atoms with Crippen molar-refractivity contribution in [3.05, 3.63) is 29.8 Å². The monoisotopic (exact) mass is 491 g/mol. The number of sulfonamides is 1. The maximum absolute atomic E-state index is 13.1. The van der Waals surface area contributed by atoms with Crippen molar-refractivity contribution in [3.63, 3.8) is 0 Å². The van der Waals surface area contributed by atoms with Crippen LogP contribution in [0.4, 0.5) is 0 Å². The standard InChI is InChI=1S/C23H33N5O5S/c1-19(29)25-13-15-28(16-14-25)34(32,33)21-6-4-5-20(17-21)23(31)27-11-9-24(10-12-27)18-22(30)26-7-2-3-8-26/h4-6,17H,2-3,7-16,18H2,1H3. The molecule has 3 fully saturated rings. The van der Waals surface area contributed by atoms with E-state index in [1.54, 1.807) is 21.9 Å². The quantitative estimate of drug-likeness (QED) is 0.571. The summed E-state index contributed by atoms with van der Waals surface area (Å²) in [5, 5.41) is 0. The molecule has 0 bridgehead atoms. The predicted molar refractivity (Wildman–Crippen MR) is 126 cm³/mol. The zero-order valence-corrected chi connectivity index (χ0v) is 20.5. The Kier molecular flexibility index (Phi) is 7.54. The highest BCUT2D eigenvalue weighted by molar-refractivity contribution is 7.89. The lowest BCUT2D eigenvalue weighted by atomic mass is 10.2. The summed E-state index contributed by atoms with van der Waals surface area (Å²) < 4.78 is 27.6. The molecule has 186 valence electrons. The fourth-order valence-electron chi connectivity index (χ4n) is 4.73. The molecule has 0 unspecified atom stereocenters. The van der Waals surface area contributed by atoms with E-state index in [0.717, 1.165) is 25.9 Å². The maximum Gasteiger partial charge on any atom is 0.253 e. The largest absolute Gasteiger partial charge is 0.342 e. The van der Waals surface area contributed by atoms with Gasteiger partial charge in [-0.3, -0.25) is 19.3 Å². The average molecular weight is 492 g/mol. The SMILES string of the molecule is CC(=O)N1CCN(S(=O)(=O)c2cccc(C(=O)N3CCN(CC(=O)N4CCCC4)CC3)c2)CC1. The van der Waals surface area contributed by atoms with Gasteiger partial charge in [-0.05, 0) is 31.0 Å². The van der Waals surface area contributed by atoms with Crippen LogP contribution in [0.2, 0.25) is 0 Å². The van der Waals surface area contributed by atoms with Crippen molar-refractivity contribution < 1.29 is 22.8 Å². The van der Waals surface area contributed by atoms with Gasteiger partial charge < -0.3 is 14.7 Å². The Bertz CT molecular complexity index is 1020. The maximum atomic E-state index is 13.1. The van der Waals surface area contributed by atoms with Gasteiger partial charge in [-0.1, -0.05) is 6.07 Å². The van der Waals surface area contributed by atoms with Crippen molar-refractivity contribution in [2.75, 3.05) is 72.0 Å². The molecule has 3 aliphatic rings. The molecule has 3 heterocycles. The lowest BCUT2D eigenvalue weighted by Crippen LogP contribution is -2.51. The first-order valence-electron chi connectivity index (χ1n) is 11.9. The van der Waals surface area contributed by atoms with Crippen LogP contribution in [0.1, 0.15) is 30.1 Å². The Morgan fingerprint density at radius 3 is 2.03 bits per heavy atom. The Morgan fingerprint density at radius 2 is 1.41 bits per heavy atom. The third-order valence-corrected chi connectivity index (χ3v) is 8.77. The molecule has 0 N–H and O–H groups in total. The number of nitrogens with zero attached hydrogens (tertiary/aromatic N) is 5. The second kappa shape index (κ2) is 10.4. The molecule has 0 atom stereocenters. The summed E-state index contributed by atoms with van der Waals surface area (Å²) in [6, 6.07) is 6.18. The van der Waals surface area contributed by atoms with E-state index < -0.39 is 10.0 Å². The number of hydrogen-bond acceptors (Lipinski definition) is 6. The fourth-order valence-corrected chi connectivity index (χ4v) is 6.20. The van der Waals surface area contributed by atoms with Crippen molar-refractivity contribution in [3.8, 4) is 0 Å². The third kappa shape index (κ3) is 5.42. The van der Waals surface area contributed by atoms with Crippen molar-refractivity contribution in [2.24, 2.45) is 0 Å². The highest BCUT2D eigenvalue weighted by Gasteiger charge is 2.31. The summed E-state index contributed by atoms with van der Waals surface area (Å²) in [4.78, 5) is 44.4. The van der Waals surface area contributed by atoms with Crippen LogP contribution in [0.5, 0.6) is 0 Å². The van der Waals surface area contributed by atoms with Gasteiger partial charge in [0.2, 0.25) is 21.8 Å².